The monoisotopic (exact) mass is 635 g/mol. The summed E-state index contributed by atoms with van der Waals surface area (Å²) < 4.78 is 5.26. The number of likely N-dealkylation sites (N-methyl/N-ethyl adjacent to an activating group) is 1. The molecule has 9 nitrogen and oxygen atoms in total. The van der Waals surface area contributed by atoms with Crippen molar-refractivity contribution >= 4 is 17.8 Å². The lowest BCUT2D eigenvalue weighted by Crippen LogP contribution is -2.76. The van der Waals surface area contributed by atoms with Crippen LogP contribution in [0.2, 0.25) is 0 Å². The van der Waals surface area contributed by atoms with E-state index in [2.05, 4.69) is 42.3 Å². The second-order valence-corrected chi connectivity index (χ2v) is 12.2. The highest BCUT2D eigenvalue weighted by Crippen LogP contribution is 2.34. The minimum atomic E-state index is -0.757. The van der Waals surface area contributed by atoms with E-state index in [0.717, 1.165) is 35.3 Å². The summed E-state index contributed by atoms with van der Waals surface area (Å²) in [6.45, 7) is 6.60. The number of urea groups is 1. The fourth-order valence-electron chi connectivity index (χ4n) is 6.54. The van der Waals surface area contributed by atoms with E-state index in [1.54, 1.807) is 35.2 Å². The number of piperazine rings is 1. The van der Waals surface area contributed by atoms with Gasteiger partial charge >= 0.3 is 6.03 Å². The van der Waals surface area contributed by atoms with Crippen molar-refractivity contribution in [2.24, 2.45) is 0 Å². The van der Waals surface area contributed by atoms with Gasteiger partial charge in [-0.1, -0.05) is 97.1 Å². The average Bonchev–Trinajstić information content (AvgIpc) is 3.08. The normalized spacial score (nSPS) is 21.0. The molecule has 0 saturated carbocycles. The van der Waals surface area contributed by atoms with Gasteiger partial charge in [-0.2, -0.15) is 0 Å². The van der Waals surface area contributed by atoms with Crippen LogP contribution in [0.4, 0.5) is 4.79 Å². The van der Waals surface area contributed by atoms with Crippen LogP contribution in [-0.2, 0) is 16.1 Å². The Morgan fingerprint density at radius 1 is 1.09 bits per heavy atom. The minimum Gasteiger partial charge on any atom is -0.497 e. The zero-order chi connectivity index (χ0) is 33.3. The smallest absolute Gasteiger partial charge is 0.334 e. The summed E-state index contributed by atoms with van der Waals surface area (Å²) in [6.07, 6.45) is 15.6. The number of fused-ring (bicyclic) bond motifs is 1. The summed E-state index contributed by atoms with van der Waals surface area (Å²) in [6, 6.07) is 16.6. The second kappa shape index (κ2) is 15.6. The molecular formula is C38H45N5O4. The fraction of sp³-hybridized carbons (Fsp3) is 0.342. The van der Waals surface area contributed by atoms with Gasteiger partial charge in [0.15, 0.2) is 0 Å². The van der Waals surface area contributed by atoms with Gasteiger partial charge in [-0.05, 0) is 55.0 Å². The third-order valence-corrected chi connectivity index (χ3v) is 8.92. The molecule has 47 heavy (non-hydrogen) atoms. The molecule has 2 aromatic rings. The molecule has 2 aliphatic heterocycles. The molecule has 2 fully saturated rings. The first-order chi connectivity index (χ1) is 22.8. The number of allylic oxidation sites excluding steroid dienone is 7. The molecular weight excluding hydrogens is 590 g/mol. The molecule has 1 unspecified atom stereocenters. The van der Waals surface area contributed by atoms with E-state index in [0.29, 0.717) is 19.5 Å². The summed E-state index contributed by atoms with van der Waals surface area (Å²) in [5, 5.41) is 6.30. The number of hydrogen-bond acceptors (Lipinski definition) is 5. The Labute approximate surface area is 278 Å². The van der Waals surface area contributed by atoms with E-state index in [1.807, 2.05) is 72.5 Å². The van der Waals surface area contributed by atoms with Crippen LogP contribution in [0.15, 0.2) is 115 Å². The number of rotatable bonds is 11. The lowest BCUT2D eigenvalue weighted by molar-refractivity contribution is -0.187. The van der Waals surface area contributed by atoms with Gasteiger partial charge in [-0.25, -0.2) is 14.8 Å². The molecule has 2 saturated heterocycles. The van der Waals surface area contributed by atoms with Crippen LogP contribution < -0.4 is 10.1 Å². The number of benzene rings is 2. The molecule has 1 aliphatic carbocycles. The lowest BCUT2D eigenvalue weighted by atomic mass is 9.86. The zero-order valence-electron chi connectivity index (χ0n) is 27.5. The maximum atomic E-state index is 14.5. The van der Waals surface area contributed by atoms with Crippen molar-refractivity contribution in [2.75, 3.05) is 33.8 Å². The van der Waals surface area contributed by atoms with Gasteiger partial charge in [0.1, 0.15) is 18.0 Å². The van der Waals surface area contributed by atoms with Gasteiger partial charge < -0.3 is 19.9 Å². The van der Waals surface area contributed by atoms with Gasteiger partial charge in [-0.15, -0.1) is 0 Å². The predicted molar refractivity (Wildman–Crippen MR) is 184 cm³/mol. The maximum Gasteiger partial charge on any atom is 0.334 e. The van der Waals surface area contributed by atoms with E-state index in [9.17, 15) is 14.4 Å². The Bertz CT molecular complexity index is 1560. The predicted octanol–water partition coefficient (Wildman–Crippen LogP) is 5.57. The average molecular weight is 636 g/mol. The summed E-state index contributed by atoms with van der Waals surface area (Å²) >= 11 is 0. The summed E-state index contributed by atoms with van der Waals surface area (Å²) in [5.41, 5.74) is 4.15. The first kappa shape index (κ1) is 33.5. The van der Waals surface area contributed by atoms with Crippen LogP contribution in [0.25, 0.3) is 0 Å². The minimum absolute atomic E-state index is 0.0142. The number of nitrogens with zero attached hydrogens (tertiary/aromatic N) is 4. The molecule has 3 atom stereocenters. The standard InChI is InChI=1S/C38H45N5O4/c1-5-6-9-14-28(2)23-34-37(45)41(25-33(30-15-10-7-11-16-30)31-17-12-8-13-18-31)26-35-42(34)36(44)27-40(3)43(35)38(46)39-24-29-19-21-32(47-4)22-20-29/h5-7,9-12,14-22,33-35H,1,8,13,23-27H2,2-4H3,(H,39,46)/b9-6-,28-14+/t33?,34-,35-/m0/s1. The second-order valence-electron chi connectivity index (χ2n) is 12.2. The van der Waals surface area contributed by atoms with E-state index >= 15 is 0 Å². The molecule has 0 spiro atoms. The highest BCUT2D eigenvalue weighted by molar-refractivity contribution is 5.91. The first-order valence-corrected chi connectivity index (χ1v) is 16.2. The van der Waals surface area contributed by atoms with Crippen molar-refractivity contribution in [1.29, 1.82) is 0 Å². The van der Waals surface area contributed by atoms with Gasteiger partial charge in [0.25, 0.3) is 0 Å². The molecule has 0 bridgehead atoms. The number of nitrogens with one attached hydrogen (secondary N) is 1. The molecule has 5 rings (SSSR count). The lowest BCUT2D eigenvalue weighted by Gasteiger charge is -2.55. The number of methoxy groups -OCH3 is 1. The van der Waals surface area contributed by atoms with E-state index in [1.165, 1.54) is 5.57 Å². The Kier molecular flexibility index (Phi) is 11.1. The van der Waals surface area contributed by atoms with Crippen molar-refractivity contribution < 1.29 is 19.1 Å². The highest BCUT2D eigenvalue weighted by Gasteiger charge is 2.51. The molecule has 2 aromatic carbocycles. The Hall–Kier alpha value is -4.89. The van der Waals surface area contributed by atoms with Crippen LogP contribution in [0, 0.1) is 0 Å². The third-order valence-electron chi connectivity index (χ3n) is 8.92. The molecule has 4 amide bonds. The van der Waals surface area contributed by atoms with Gasteiger partial charge in [0.05, 0.1) is 20.2 Å². The van der Waals surface area contributed by atoms with Crippen LogP contribution in [-0.4, -0.2) is 83.7 Å². The molecule has 2 heterocycles. The molecule has 9 heteroatoms. The van der Waals surface area contributed by atoms with Crippen molar-refractivity contribution in [3.8, 4) is 5.75 Å². The number of amides is 4. The Balaban J connectivity index is 1.47. The van der Waals surface area contributed by atoms with Crippen molar-refractivity contribution in [3.63, 3.8) is 0 Å². The quantitative estimate of drug-likeness (QED) is 0.327. The van der Waals surface area contributed by atoms with E-state index in [4.69, 9.17) is 4.74 Å². The van der Waals surface area contributed by atoms with Gasteiger partial charge in [0, 0.05) is 26.1 Å². The van der Waals surface area contributed by atoms with Gasteiger partial charge in [-0.3, -0.25) is 9.59 Å². The first-order valence-electron chi connectivity index (χ1n) is 16.2. The molecule has 246 valence electrons. The Morgan fingerprint density at radius 2 is 1.85 bits per heavy atom. The number of carbonyl (C=O) groups is 3. The van der Waals surface area contributed by atoms with Crippen LogP contribution >= 0.6 is 0 Å². The maximum absolute atomic E-state index is 14.5. The van der Waals surface area contributed by atoms with Crippen LogP contribution in [0.5, 0.6) is 5.75 Å². The fourth-order valence-corrected chi connectivity index (χ4v) is 6.54. The molecule has 0 radical (unpaired) electrons. The highest BCUT2D eigenvalue weighted by atomic mass is 16.5. The number of hydrazine groups is 1. The molecule has 0 aromatic heterocycles. The summed E-state index contributed by atoms with van der Waals surface area (Å²) in [4.78, 5) is 45.6. The van der Waals surface area contributed by atoms with E-state index < -0.39 is 12.2 Å². The molecule has 3 aliphatic rings. The SMILES string of the molecule is C=C/C=C\C=C(/C)C[C@H]1C(=O)N(CC(C2=CCCC=C2)c2ccccc2)C[C@H]2N1C(=O)CN(C)N2C(=O)NCc1ccc(OC)cc1. The van der Waals surface area contributed by atoms with Crippen molar-refractivity contribution in [1.82, 2.24) is 25.1 Å². The van der Waals surface area contributed by atoms with Crippen LogP contribution in [0.1, 0.15) is 43.2 Å². The van der Waals surface area contributed by atoms with Crippen molar-refractivity contribution in [2.45, 2.75) is 50.9 Å². The largest absolute Gasteiger partial charge is 0.497 e. The molecule has 1 N–H and O–H groups in total. The van der Waals surface area contributed by atoms with Crippen LogP contribution in [0.3, 0.4) is 0 Å². The van der Waals surface area contributed by atoms with Crippen molar-refractivity contribution in [3.05, 3.63) is 126 Å². The number of ether oxygens (including phenoxy) is 1. The van der Waals surface area contributed by atoms with Gasteiger partial charge in [0.2, 0.25) is 11.8 Å². The summed E-state index contributed by atoms with van der Waals surface area (Å²) in [7, 11) is 3.36. The van der Waals surface area contributed by atoms with E-state index in [-0.39, 0.29) is 36.9 Å². The third kappa shape index (κ3) is 7.92. The number of carbonyl (C=O) groups excluding carboxylic acids is 3. The zero-order valence-corrected chi connectivity index (χ0v) is 27.5. The topological polar surface area (TPSA) is 85.4 Å². The summed E-state index contributed by atoms with van der Waals surface area (Å²) in [5.74, 6) is 0.396. The number of hydrogen-bond donors (Lipinski definition) is 1. The Morgan fingerprint density at radius 3 is 2.53 bits per heavy atom.